The number of carbonyl (C=O) groups is 1. The number of carbonyl (C=O) groups excluding carboxylic acids is 1. The van der Waals surface area contributed by atoms with E-state index in [0.717, 1.165) is 25.7 Å². The summed E-state index contributed by atoms with van der Waals surface area (Å²) in [5.41, 5.74) is 6.68. The van der Waals surface area contributed by atoms with Gasteiger partial charge < -0.3 is 20.5 Å². The molecule has 1 fully saturated rings. The first-order valence-electron chi connectivity index (χ1n) is 7.35. The Bertz CT molecular complexity index is 450. The summed E-state index contributed by atoms with van der Waals surface area (Å²) in [5, 5.41) is 2.87. The number of rotatable bonds is 6. The van der Waals surface area contributed by atoms with Crippen LogP contribution in [0.3, 0.4) is 0 Å². The van der Waals surface area contributed by atoms with Crippen LogP contribution in [0.2, 0.25) is 0 Å². The largest absolute Gasteiger partial charge is 0.475 e. The van der Waals surface area contributed by atoms with E-state index in [2.05, 4.69) is 10.3 Å². The van der Waals surface area contributed by atoms with Gasteiger partial charge in [-0.25, -0.2) is 4.98 Å². The smallest absolute Gasteiger partial charge is 0.229 e. The number of anilines is 1. The van der Waals surface area contributed by atoms with Gasteiger partial charge in [-0.1, -0.05) is 12.8 Å². The summed E-state index contributed by atoms with van der Waals surface area (Å²) in [6, 6.07) is 3.47. The highest BCUT2D eigenvalue weighted by Crippen LogP contribution is 2.24. The van der Waals surface area contributed by atoms with E-state index in [-0.39, 0.29) is 17.9 Å². The van der Waals surface area contributed by atoms with Crippen molar-refractivity contribution in [2.75, 3.05) is 25.6 Å². The fourth-order valence-electron chi connectivity index (χ4n) is 2.49. The molecule has 2 rings (SSSR count). The molecule has 2 atom stereocenters. The Hall–Kier alpha value is -1.66. The molecular formula is C15H23N3O3. The van der Waals surface area contributed by atoms with E-state index in [1.54, 1.807) is 25.4 Å². The summed E-state index contributed by atoms with van der Waals surface area (Å²) < 4.78 is 10.3. The highest BCUT2D eigenvalue weighted by atomic mass is 16.5. The van der Waals surface area contributed by atoms with E-state index in [1.807, 2.05) is 0 Å². The lowest BCUT2D eigenvalue weighted by Crippen LogP contribution is -2.40. The molecule has 0 radical (unpaired) electrons. The van der Waals surface area contributed by atoms with Crippen LogP contribution in [0.25, 0.3) is 0 Å². The lowest BCUT2D eigenvalue weighted by Gasteiger charge is -2.27. The van der Waals surface area contributed by atoms with Crippen LogP contribution in [0.5, 0.6) is 5.88 Å². The maximum absolute atomic E-state index is 12.2. The molecule has 21 heavy (non-hydrogen) atoms. The van der Waals surface area contributed by atoms with Crippen molar-refractivity contribution < 1.29 is 14.3 Å². The molecule has 0 spiro atoms. The third kappa shape index (κ3) is 4.68. The molecular weight excluding hydrogens is 270 g/mol. The van der Waals surface area contributed by atoms with Crippen molar-refractivity contribution in [2.45, 2.75) is 31.7 Å². The number of nitrogens with two attached hydrogens (primary N) is 1. The molecule has 3 N–H and O–H groups in total. The molecule has 1 aliphatic carbocycles. The number of hydrogen-bond acceptors (Lipinski definition) is 5. The van der Waals surface area contributed by atoms with Crippen molar-refractivity contribution in [2.24, 2.45) is 11.7 Å². The second kappa shape index (κ2) is 7.95. The van der Waals surface area contributed by atoms with Gasteiger partial charge in [-0.15, -0.1) is 0 Å². The molecule has 0 bridgehead atoms. The molecule has 1 amide bonds. The van der Waals surface area contributed by atoms with E-state index in [9.17, 15) is 4.79 Å². The first-order valence-corrected chi connectivity index (χ1v) is 7.35. The number of amides is 1. The van der Waals surface area contributed by atoms with E-state index in [1.165, 1.54) is 0 Å². The van der Waals surface area contributed by atoms with Crippen LogP contribution in [-0.2, 0) is 9.53 Å². The van der Waals surface area contributed by atoms with Crippen molar-refractivity contribution in [3.8, 4) is 5.88 Å². The molecule has 0 aliphatic heterocycles. The van der Waals surface area contributed by atoms with Gasteiger partial charge in [0.1, 0.15) is 6.61 Å². The highest BCUT2D eigenvalue weighted by Gasteiger charge is 2.28. The Balaban J connectivity index is 1.86. The van der Waals surface area contributed by atoms with Gasteiger partial charge in [-0.2, -0.15) is 0 Å². The van der Waals surface area contributed by atoms with Crippen LogP contribution < -0.4 is 15.8 Å². The SMILES string of the molecule is COCCOc1ccc(NC(=O)C2CCCCC2N)cn1. The number of ether oxygens (including phenoxy) is 2. The van der Waals surface area contributed by atoms with Crippen molar-refractivity contribution in [3.05, 3.63) is 18.3 Å². The molecule has 1 heterocycles. The molecule has 1 aromatic rings. The van der Waals surface area contributed by atoms with Crippen LogP contribution in [0.4, 0.5) is 5.69 Å². The predicted octanol–water partition coefficient (Wildman–Crippen LogP) is 1.56. The van der Waals surface area contributed by atoms with Crippen LogP contribution in [0.1, 0.15) is 25.7 Å². The number of hydrogen-bond donors (Lipinski definition) is 2. The van der Waals surface area contributed by atoms with Gasteiger partial charge in [0.2, 0.25) is 11.8 Å². The average Bonchev–Trinajstić information content (AvgIpc) is 2.49. The molecule has 1 saturated carbocycles. The second-order valence-electron chi connectivity index (χ2n) is 5.27. The number of aromatic nitrogens is 1. The summed E-state index contributed by atoms with van der Waals surface area (Å²) in [6.07, 6.45) is 5.55. The van der Waals surface area contributed by atoms with Gasteiger partial charge in [0.25, 0.3) is 0 Å². The van der Waals surface area contributed by atoms with Crippen molar-refractivity contribution >= 4 is 11.6 Å². The van der Waals surface area contributed by atoms with Crippen molar-refractivity contribution in [1.82, 2.24) is 4.98 Å². The first kappa shape index (κ1) is 15.7. The summed E-state index contributed by atoms with van der Waals surface area (Å²) in [6.45, 7) is 0.964. The first-order chi connectivity index (χ1) is 10.2. The lowest BCUT2D eigenvalue weighted by atomic mass is 9.84. The molecule has 116 valence electrons. The van der Waals surface area contributed by atoms with Crippen LogP contribution >= 0.6 is 0 Å². The standard InChI is InChI=1S/C15H23N3O3/c1-20-8-9-21-14-7-6-11(10-17-14)18-15(19)12-4-2-3-5-13(12)16/h6-7,10,12-13H,2-5,8-9,16H2,1H3,(H,18,19). The minimum absolute atomic E-state index is 0.0166. The zero-order valence-corrected chi connectivity index (χ0v) is 12.4. The fourth-order valence-corrected chi connectivity index (χ4v) is 2.49. The van der Waals surface area contributed by atoms with Crippen LogP contribution in [0.15, 0.2) is 18.3 Å². The average molecular weight is 293 g/mol. The van der Waals surface area contributed by atoms with Gasteiger partial charge in [0.15, 0.2) is 0 Å². The monoisotopic (exact) mass is 293 g/mol. The van der Waals surface area contributed by atoms with Gasteiger partial charge in [0, 0.05) is 19.2 Å². The molecule has 0 saturated heterocycles. The quantitative estimate of drug-likeness (QED) is 0.777. The van der Waals surface area contributed by atoms with Crippen LogP contribution in [0, 0.1) is 5.92 Å². The van der Waals surface area contributed by atoms with Crippen LogP contribution in [-0.4, -0.2) is 37.3 Å². The van der Waals surface area contributed by atoms with E-state index < -0.39 is 0 Å². The Morgan fingerprint density at radius 1 is 1.38 bits per heavy atom. The zero-order valence-electron chi connectivity index (χ0n) is 12.4. The van der Waals surface area contributed by atoms with Gasteiger partial charge in [0.05, 0.1) is 24.4 Å². The zero-order chi connectivity index (χ0) is 15.1. The minimum atomic E-state index is -0.101. The number of nitrogens with one attached hydrogen (secondary N) is 1. The van der Waals surface area contributed by atoms with Gasteiger partial charge in [-0.3, -0.25) is 4.79 Å². The Morgan fingerprint density at radius 2 is 2.19 bits per heavy atom. The maximum Gasteiger partial charge on any atom is 0.229 e. The number of nitrogens with zero attached hydrogens (tertiary/aromatic N) is 1. The lowest BCUT2D eigenvalue weighted by molar-refractivity contribution is -0.121. The van der Waals surface area contributed by atoms with Gasteiger partial charge in [-0.05, 0) is 18.9 Å². The molecule has 1 aromatic heterocycles. The maximum atomic E-state index is 12.2. The number of pyridine rings is 1. The molecule has 6 nitrogen and oxygen atoms in total. The van der Waals surface area contributed by atoms with E-state index >= 15 is 0 Å². The summed E-state index contributed by atoms with van der Waals surface area (Å²) >= 11 is 0. The predicted molar refractivity (Wildman–Crippen MR) is 80.2 cm³/mol. The normalized spacial score (nSPS) is 21.8. The topological polar surface area (TPSA) is 86.5 Å². The third-order valence-electron chi connectivity index (χ3n) is 3.70. The molecule has 6 heteroatoms. The van der Waals surface area contributed by atoms with E-state index in [0.29, 0.717) is 24.8 Å². The number of methoxy groups -OCH3 is 1. The second-order valence-corrected chi connectivity index (χ2v) is 5.27. The highest BCUT2D eigenvalue weighted by molar-refractivity contribution is 5.92. The van der Waals surface area contributed by atoms with Crippen molar-refractivity contribution in [3.63, 3.8) is 0 Å². The fraction of sp³-hybridized carbons (Fsp3) is 0.600. The summed E-state index contributed by atoms with van der Waals surface area (Å²) in [5.74, 6) is 0.396. The Labute approximate surface area is 125 Å². The molecule has 1 aliphatic rings. The molecule has 2 unspecified atom stereocenters. The third-order valence-corrected chi connectivity index (χ3v) is 3.70. The van der Waals surface area contributed by atoms with Gasteiger partial charge >= 0.3 is 0 Å². The summed E-state index contributed by atoms with van der Waals surface area (Å²) in [7, 11) is 1.62. The van der Waals surface area contributed by atoms with Crippen molar-refractivity contribution in [1.29, 1.82) is 0 Å². The molecule has 0 aromatic carbocycles. The van der Waals surface area contributed by atoms with E-state index in [4.69, 9.17) is 15.2 Å². The minimum Gasteiger partial charge on any atom is -0.475 e. The Kier molecular flexibility index (Phi) is 5.95. The Morgan fingerprint density at radius 3 is 2.86 bits per heavy atom. The summed E-state index contributed by atoms with van der Waals surface area (Å²) in [4.78, 5) is 16.4.